The maximum absolute atomic E-state index is 14.1. The van der Waals surface area contributed by atoms with E-state index in [1.54, 1.807) is 42.2 Å². The molecular formula is C24H26N2O6. The number of methoxy groups -OCH3 is 1. The Morgan fingerprint density at radius 3 is 2.56 bits per heavy atom. The number of aryl methyl sites for hydroxylation is 1. The first-order valence-corrected chi connectivity index (χ1v) is 10.7. The van der Waals surface area contributed by atoms with Gasteiger partial charge in [-0.05, 0) is 31.5 Å². The highest BCUT2D eigenvalue weighted by Crippen LogP contribution is 2.53. The summed E-state index contributed by atoms with van der Waals surface area (Å²) in [6.45, 7) is 4.30. The molecule has 1 spiro atoms. The Morgan fingerprint density at radius 1 is 1.16 bits per heavy atom. The molecule has 1 atom stereocenters. The van der Waals surface area contributed by atoms with Gasteiger partial charge in [0.25, 0.3) is 11.8 Å². The van der Waals surface area contributed by atoms with Crippen LogP contribution in [0.1, 0.15) is 41.6 Å². The number of Topliss-reactive ketones (excluding diaryl/α,β-unsaturated/α-hetero) is 1. The van der Waals surface area contributed by atoms with Gasteiger partial charge in [-0.15, -0.1) is 0 Å². The van der Waals surface area contributed by atoms with Gasteiger partial charge in [-0.25, -0.2) is 0 Å². The van der Waals surface area contributed by atoms with Crippen molar-refractivity contribution in [3.05, 3.63) is 64.8 Å². The smallest absolute Gasteiger partial charge is 0.290 e. The van der Waals surface area contributed by atoms with Gasteiger partial charge >= 0.3 is 0 Å². The Kier molecular flexibility index (Phi) is 5.64. The SMILES string of the molecule is CCCCN1C(=O)C2(C(C(=O)c3ccc(C)o3)=C(O)C(=O)N2CCOC)c2ccccc21. The highest BCUT2D eigenvalue weighted by atomic mass is 16.5. The van der Waals surface area contributed by atoms with Gasteiger partial charge in [0, 0.05) is 25.8 Å². The highest BCUT2D eigenvalue weighted by Gasteiger charge is 2.65. The zero-order chi connectivity index (χ0) is 23.0. The lowest BCUT2D eigenvalue weighted by atomic mass is 9.81. The van der Waals surface area contributed by atoms with E-state index >= 15 is 0 Å². The van der Waals surface area contributed by atoms with E-state index in [1.165, 1.54) is 18.1 Å². The number of ketones is 1. The van der Waals surface area contributed by atoms with E-state index in [-0.39, 0.29) is 24.5 Å². The van der Waals surface area contributed by atoms with Crippen molar-refractivity contribution in [3.63, 3.8) is 0 Å². The third-order valence-corrected chi connectivity index (χ3v) is 6.04. The number of nitrogens with zero attached hydrogens (tertiary/aromatic N) is 2. The summed E-state index contributed by atoms with van der Waals surface area (Å²) in [4.78, 5) is 43.7. The number of aliphatic hydroxyl groups is 1. The second kappa shape index (κ2) is 8.27. The molecule has 1 N–H and O–H groups in total. The molecule has 2 amide bonds. The lowest BCUT2D eigenvalue weighted by molar-refractivity contribution is -0.140. The van der Waals surface area contributed by atoms with Crippen LogP contribution in [0.25, 0.3) is 0 Å². The summed E-state index contributed by atoms with van der Waals surface area (Å²) < 4.78 is 10.7. The fourth-order valence-electron chi connectivity index (χ4n) is 4.57. The molecule has 32 heavy (non-hydrogen) atoms. The normalized spacial score (nSPS) is 20.1. The lowest BCUT2D eigenvalue weighted by Crippen LogP contribution is -2.55. The van der Waals surface area contributed by atoms with Gasteiger partial charge in [0.2, 0.25) is 5.78 Å². The van der Waals surface area contributed by atoms with Crippen LogP contribution < -0.4 is 4.90 Å². The number of ether oxygens (including phenoxy) is 1. The number of para-hydroxylation sites is 1. The highest BCUT2D eigenvalue weighted by molar-refractivity contribution is 6.25. The number of unbranched alkanes of at least 4 members (excludes halogenated alkanes) is 1. The second-order valence-electron chi connectivity index (χ2n) is 7.95. The molecule has 0 fully saturated rings. The van der Waals surface area contributed by atoms with Crippen molar-refractivity contribution in [1.82, 2.24) is 4.90 Å². The molecule has 2 aliphatic rings. The van der Waals surface area contributed by atoms with Crippen LogP contribution in [-0.2, 0) is 19.9 Å². The average molecular weight is 438 g/mol. The predicted octanol–water partition coefficient (Wildman–Crippen LogP) is 3.11. The van der Waals surface area contributed by atoms with Crippen LogP contribution in [0, 0.1) is 6.92 Å². The monoisotopic (exact) mass is 438 g/mol. The van der Waals surface area contributed by atoms with Gasteiger partial charge in [-0.3, -0.25) is 14.4 Å². The van der Waals surface area contributed by atoms with E-state index in [0.717, 1.165) is 12.8 Å². The van der Waals surface area contributed by atoms with E-state index in [0.29, 0.717) is 23.6 Å². The summed E-state index contributed by atoms with van der Waals surface area (Å²) in [6.07, 6.45) is 1.61. The van der Waals surface area contributed by atoms with E-state index in [1.807, 2.05) is 6.92 Å². The fraction of sp³-hybridized carbons (Fsp3) is 0.375. The number of carbonyl (C=O) groups excluding carboxylic acids is 3. The summed E-state index contributed by atoms with van der Waals surface area (Å²) in [5.41, 5.74) is -0.940. The number of fused-ring (bicyclic) bond motifs is 2. The van der Waals surface area contributed by atoms with E-state index in [9.17, 15) is 19.5 Å². The van der Waals surface area contributed by atoms with Crippen molar-refractivity contribution in [2.24, 2.45) is 0 Å². The second-order valence-corrected chi connectivity index (χ2v) is 7.95. The molecule has 168 valence electrons. The van der Waals surface area contributed by atoms with Crippen molar-refractivity contribution < 1.29 is 28.6 Å². The standard InChI is InChI=1S/C24H26N2O6/c1-4-5-12-25-17-9-7-6-8-16(17)24(23(25)30)19(20(27)18-11-10-15(2)32-18)21(28)22(29)26(24)13-14-31-3/h6-11,28H,4-5,12-14H2,1-3H3. The van der Waals surface area contributed by atoms with Crippen molar-refractivity contribution in [2.45, 2.75) is 32.2 Å². The molecule has 2 aliphatic heterocycles. The number of hydrogen-bond donors (Lipinski definition) is 1. The first-order chi connectivity index (χ1) is 15.4. The third-order valence-electron chi connectivity index (χ3n) is 6.04. The minimum atomic E-state index is -1.78. The number of anilines is 1. The van der Waals surface area contributed by atoms with E-state index in [4.69, 9.17) is 9.15 Å². The Morgan fingerprint density at radius 2 is 1.91 bits per heavy atom. The molecule has 0 saturated carbocycles. The zero-order valence-corrected chi connectivity index (χ0v) is 18.4. The van der Waals surface area contributed by atoms with Crippen LogP contribution in [0.5, 0.6) is 0 Å². The van der Waals surface area contributed by atoms with Gasteiger partial charge in [-0.1, -0.05) is 31.5 Å². The summed E-state index contributed by atoms with van der Waals surface area (Å²) in [5.74, 6) is -2.18. The number of hydrogen-bond acceptors (Lipinski definition) is 6. The third kappa shape index (κ3) is 2.97. The molecule has 1 aromatic carbocycles. The first-order valence-electron chi connectivity index (χ1n) is 10.7. The van der Waals surface area contributed by atoms with Gasteiger partial charge < -0.3 is 24.1 Å². The van der Waals surface area contributed by atoms with Crippen LogP contribution in [0.4, 0.5) is 5.69 Å². The first kappa shape index (κ1) is 21.8. The summed E-state index contributed by atoms with van der Waals surface area (Å²) in [5, 5.41) is 10.9. The van der Waals surface area contributed by atoms with Crippen molar-refractivity contribution >= 4 is 23.3 Å². The molecule has 4 rings (SSSR count). The molecular weight excluding hydrogens is 412 g/mol. The van der Waals surface area contributed by atoms with Gasteiger partial charge in [0.15, 0.2) is 17.1 Å². The van der Waals surface area contributed by atoms with Crippen LogP contribution in [0.2, 0.25) is 0 Å². The van der Waals surface area contributed by atoms with Gasteiger partial charge in [0.05, 0.1) is 17.9 Å². The Bertz CT molecular complexity index is 1120. The van der Waals surface area contributed by atoms with Crippen molar-refractivity contribution in [3.8, 4) is 0 Å². The molecule has 0 bridgehead atoms. The summed E-state index contributed by atoms with van der Waals surface area (Å²) in [7, 11) is 1.48. The molecule has 8 nitrogen and oxygen atoms in total. The lowest BCUT2D eigenvalue weighted by Gasteiger charge is -2.35. The summed E-state index contributed by atoms with van der Waals surface area (Å²) in [6, 6.07) is 10.2. The number of aliphatic hydroxyl groups excluding tert-OH is 1. The minimum Gasteiger partial charge on any atom is -0.503 e. The number of furan rings is 1. The number of rotatable bonds is 8. The molecule has 8 heteroatoms. The Labute approximate surface area is 186 Å². The summed E-state index contributed by atoms with van der Waals surface area (Å²) >= 11 is 0. The van der Waals surface area contributed by atoms with E-state index in [2.05, 4.69) is 0 Å². The van der Waals surface area contributed by atoms with Gasteiger partial charge in [0.1, 0.15) is 5.76 Å². The molecule has 0 radical (unpaired) electrons. The molecule has 0 aliphatic carbocycles. The molecule has 2 aromatic rings. The fourth-order valence-corrected chi connectivity index (χ4v) is 4.57. The molecule has 1 aromatic heterocycles. The van der Waals surface area contributed by atoms with Crippen LogP contribution in [0.15, 0.2) is 52.1 Å². The van der Waals surface area contributed by atoms with Crippen LogP contribution in [0.3, 0.4) is 0 Å². The molecule has 3 heterocycles. The number of benzene rings is 1. The van der Waals surface area contributed by atoms with Crippen molar-refractivity contribution in [2.75, 3.05) is 31.7 Å². The average Bonchev–Trinajstić information content (AvgIpc) is 3.39. The number of amides is 2. The topological polar surface area (TPSA) is 100 Å². The van der Waals surface area contributed by atoms with Crippen molar-refractivity contribution in [1.29, 1.82) is 0 Å². The zero-order valence-electron chi connectivity index (χ0n) is 18.4. The maximum Gasteiger partial charge on any atom is 0.290 e. The Balaban J connectivity index is 1.96. The van der Waals surface area contributed by atoms with Crippen LogP contribution >= 0.6 is 0 Å². The van der Waals surface area contributed by atoms with Crippen LogP contribution in [-0.4, -0.2) is 54.4 Å². The molecule has 0 saturated heterocycles. The largest absolute Gasteiger partial charge is 0.503 e. The Hall–Kier alpha value is -3.39. The quantitative estimate of drug-likeness (QED) is 0.636. The maximum atomic E-state index is 14.1. The predicted molar refractivity (Wildman–Crippen MR) is 116 cm³/mol. The molecule has 1 unspecified atom stereocenters. The minimum absolute atomic E-state index is 0.0229. The van der Waals surface area contributed by atoms with E-state index < -0.39 is 28.9 Å². The van der Waals surface area contributed by atoms with Gasteiger partial charge in [-0.2, -0.15) is 0 Å². The number of carbonyl (C=O) groups is 3.